The van der Waals surface area contributed by atoms with Crippen LogP contribution >= 0.6 is 0 Å². The lowest BCUT2D eigenvalue weighted by molar-refractivity contribution is -0.148. The van der Waals surface area contributed by atoms with Gasteiger partial charge in [0.2, 0.25) is 6.41 Å². The van der Waals surface area contributed by atoms with Gasteiger partial charge in [0.1, 0.15) is 0 Å². The normalized spacial score (nSPS) is 12.3. The van der Waals surface area contributed by atoms with Crippen LogP contribution < -0.4 is 0 Å². The number of carboxylic acid groups (broad SMARTS) is 1. The van der Waals surface area contributed by atoms with Crippen LogP contribution in [0.2, 0.25) is 0 Å². The first-order chi connectivity index (χ1) is 8.38. The molecule has 0 saturated carbocycles. The molecule has 0 bridgehead atoms. The Morgan fingerprint density at radius 1 is 1.33 bits per heavy atom. The molecular formula is C14H19NO3. The van der Waals surface area contributed by atoms with Crippen LogP contribution in [0.25, 0.3) is 0 Å². The highest BCUT2D eigenvalue weighted by Crippen LogP contribution is 2.26. The summed E-state index contributed by atoms with van der Waals surface area (Å²) in [5.74, 6) is -1.01. The Morgan fingerprint density at radius 3 is 2.39 bits per heavy atom. The molecule has 0 aliphatic rings. The summed E-state index contributed by atoms with van der Waals surface area (Å²) in [6.45, 7) is 7.36. The van der Waals surface area contributed by atoms with Crippen molar-refractivity contribution in [3.05, 3.63) is 34.9 Å². The fraction of sp³-hybridized carbons (Fsp3) is 0.429. The zero-order valence-corrected chi connectivity index (χ0v) is 11.2. The van der Waals surface area contributed by atoms with E-state index in [1.54, 1.807) is 13.8 Å². The van der Waals surface area contributed by atoms with Crippen molar-refractivity contribution in [2.45, 2.75) is 39.8 Å². The van der Waals surface area contributed by atoms with E-state index >= 15 is 0 Å². The molecule has 98 valence electrons. The number of aryl methyl sites for hydroxylation is 2. The standard InChI is InChI=1S/C14H19NO3/c1-9(2)15(8-16)13(14(17)18)12-7-10(3)5-6-11(12)4/h5-9,13H,1-4H3,(H,17,18). The van der Waals surface area contributed by atoms with Crippen molar-refractivity contribution in [1.82, 2.24) is 4.90 Å². The zero-order valence-electron chi connectivity index (χ0n) is 11.2. The second kappa shape index (κ2) is 5.67. The Morgan fingerprint density at radius 2 is 1.94 bits per heavy atom. The molecule has 4 heteroatoms. The van der Waals surface area contributed by atoms with Crippen molar-refractivity contribution in [2.75, 3.05) is 0 Å². The summed E-state index contributed by atoms with van der Waals surface area (Å²) in [5.41, 5.74) is 2.53. The highest BCUT2D eigenvalue weighted by atomic mass is 16.4. The Kier molecular flexibility index (Phi) is 4.48. The number of hydrogen-bond acceptors (Lipinski definition) is 2. The maximum atomic E-state index is 11.5. The molecule has 0 aliphatic heterocycles. The van der Waals surface area contributed by atoms with Crippen LogP contribution in [-0.2, 0) is 9.59 Å². The maximum absolute atomic E-state index is 11.5. The fourth-order valence-electron chi connectivity index (χ4n) is 1.96. The average molecular weight is 249 g/mol. The van der Waals surface area contributed by atoms with Gasteiger partial charge < -0.3 is 10.0 Å². The van der Waals surface area contributed by atoms with Gasteiger partial charge in [-0.1, -0.05) is 23.8 Å². The van der Waals surface area contributed by atoms with Crippen LogP contribution in [0, 0.1) is 13.8 Å². The number of aliphatic carboxylic acids is 1. The molecule has 1 rings (SSSR count). The SMILES string of the molecule is Cc1ccc(C)c(C(C(=O)O)N(C=O)C(C)C)c1. The lowest BCUT2D eigenvalue weighted by atomic mass is 9.97. The minimum atomic E-state index is -1.01. The van der Waals surface area contributed by atoms with Gasteiger partial charge in [0.25, 0.3) is 0 Å². The minimum absolute atomic E-state index is 0.163. The topological polar surface area (TPSA) is 57.6 Å². The van der Waals surface area contributed by atoms with Gasteiger partial charge >= 0.3 is 5.97 Å². The smallest absolute Gasteiger partial charge is 0.331 e. The molecule has 0 saturated heterocycles. The van der Waals surface area contributed by atoms with Crippen LogP contribution in [-0.4, -0.2) is 28.4 Å². The van der Waals surface area contributed by atoms with Gasteiger partial charge in [0, 0.05) is 6.04 Å². The number of amides is 1. The summed E-state index contributed by atoms with van der Waals surface area (Å²) in [4.78, 5) is 23.9. The van der Waals surface area contributed by atoms with Crippen LogP contribution in [0.1, 0.15) is 36.6 Å². The van der Waals surface area contributed by atoms with Crippen LogP contribution in [0.3, 0.4) is 0 Å². The molecule has 0 aromatic heterocycles. The van der Waals surface area contributed by atoms with E-state index in [2.05, 4.69) is 0 Å². The predicted octanol–water partition coefficient (Wildman–Crippen LogP) is 2.30. The molecule has 1 unspecified atom stereocenters. The summed E-state index contributed by atoms with van der Waals surface area (Å²) >= 11 is 0. The largest absolute Gasteiger partial charge is 0.479 e. The summed E-state index contributed by atoms with van der Waals surface area (Å²) < 4.78 is 0. The predicted molar refractivity (Wildman–Crippen MR) is 69.3 cm³/mol. The van der Waals surface area contributed by atoms with E-state index in [-0.39, 0.29) is 6.04 Å². The number of rotatable bonds is 5. The van der Waals surface area contributed by atoms with Crippen molar-refractivity contribution in [3.63, 3.8) is 0 Å². The minimum Gasteiger partial charge on any atom is -0.479 e. The number of hydrogen-bond donors (Lipinski definition) is 1. The van der Waals surface area contributed by atoms with Crippen molar-refractivity contribution in [2.24, 2.45) is 0 Å². The number of carbonyl (C=O) groups excluding carboxylic acids is 1. The molecular weight excluding hydrogens is 230 g/mol. The molecule has 0 fully saturated rings. The molecule has 0 radical (unpaired) electrons. The summed E-state index contributed by atoms with van der Waals surface area (Å²) in [6, 6.07) is 4.54. The molecule has 0 heterocycles. The number of carbonyl (C=O) groups is 2. The van der Waals surface area contributed by atoms with E-state index in [4.69, 9.17) is 0 Å². The lowest BCUT2D eigenvalue weighted by Gasteiger charge is -2.30. The monoisotopic (exact) mass is 249 g/mol. The van der Waals surface area contributed by atoms with Crippen LogP contribution in [0.4, 0.5) is 0 Å². The van der Waals surface area contributed by atoms with Gasteiger partial charge in [-0.05, 0) is 38.8 Å². The van der Waals surface area contributed by atoms with E-state index < -0.39 is 12.0 Å². The van der Waals surface area contributed by atoms with E-state index in [1.165, 1.54) is 4.90 Å². The number of carboxylic acids is 1. The quantitative estimate of drug-likeness (QED) is 0.814. The second-order valence-electron chi connectivity index (χ2n) is 4.75. The maximum Gasteiger partial charge on any atom is 0.331 e. The third kappa shape index (κ3) is 2.88. The van der Waals surface area contributed by atoms with E-state index in [0.29, 0.717) is 12.0 Å². The van der Waals surface area contributed by atoms with E-state index in [0.717, 1.165) is 11.1 Å². The number of nitrogens with zero attached hydrogens (tertiary/aromatic N) is 1. The molecule has 1 aromatic rings. The first-order valence-electron chi connectivity index (χ1n) is 5.91. The Labute approximate surface area is 107 Å². The molecule has 1 N–H and O–H groups in total. The highest BCUT2D eigenvalue weighted by Gasteiger charge is 2.29. The first-order valence-corrected chi connectivity index (χ1v) is 5.91. The third-order valence-electron chi connectivity index (χ3n) is 2.98. The van der Waals surface area contributed by atoms with Gasteiger partial charge in [-0.25, -0.2) is 4.79 Å². The fourth-order valence-corrected chi connectivity index (χ4v) is 1.96. The van der Waals surface area contributed by atoms with E-state index in [1.807, 2.05) is 32.0 Å². The van der Waals surface area contributed by atoms with Gasteiger partial charge in [0.05, 0.1) is 0 Å². The van der Waals surface area contributed by atoms with Crippen molar-refractivity contribution in [3.8, 4) is 0 Å². The second-order valence-corrected chi connectivity index (χ2v) is 4.75. The molecule has 1 atom stereocenters. The van der Waals surface area contributed by atoms with Gasteiger partial charge in [-0.15, -0.1) is 0 Å². The highest BCUT2D eigenvalue weighted by molar-refractivity contribution is 5.79. The van der Waals surface area contributed by atoms with Crippen LogP contribution in [0.15, 0.2) is 18.2 Å². The summed E-state index contributed by atoms with van der Waals surface area (Å²) in [6.07, 6.45) is 0.602. The molecule has 0 spiro atoms. The number of benzene rings is 1. The van der Waals surface area contributed by atoms with Gasteiger partial charge in [-0.3, -0.25) is 4.79 Å². The Balaban J connectivity index is 3.31. The molecule has 1 aromatic carbocycles. The third-order valence-corrected chi connectivity index (χ3v) is 2.98. The van der Waals surface area contributed by atoms with Crippen molar-refractivity contribution >= 4 is 12.4 Å². The van der Waals surface area contributed by atoms with Crippen molar-refractivity contribution in [1.29, 1.82) is 0 Å². The molecule has 18 heavy (non-hydrogen) atoms. The van der Waals surface area contributed by atoms with Gasteiger partial charge in [-0.2, -0.15) is 0 Å². The molecule has 0 aliphatic carbocycles. The Hall–Kier alpha value is -1.84. The Bertz CT molecular complexity index is 454. The summed E-state index contributed by atoms with van der Waals surface area (Å²) in [7, 11) is 0. The summed E-state index contributed by atoms with van der Waals surface area (Å²) in [5, 5.41) is 9.39. The lowest BCUT2D eigenvalue weighted by Crippen LogP contribution is -2.38. The average Bonchev–Trinajstić information content (AvgIpc) is 2.28. The van der Waals surface area contributed by atoms with E-state index in [9.17, 15) is 14.7 Å². The zero-order chi connectivity index (χ0) is 13.9. The first kappa shape index (κ1) is 14.2. The molecule has 1 amide bonds. The van der Waals surface area contributed by atoms with Gasteiger partial charge in [0.15, 0.2) is 6.04 Å². The van der Waals surface area contributed by atoms with Crippen molar-refractivity contribution < 1.29 is 14.7 Å². The molecule has 4 nitrogen and oxygen atoms in total. The van der Waals surface area contributed by atoms with Crippen LogP contribution in [0.5, 0.6) is 0 Å².